The Balaban J connectivity index is 1.36. The van der Waals surface area contributed by atoms with Gasteiger partial charge in [0.05, 0.1) is 17.9 Å². The lowest BCUT2D eigenvalue weighted by Gasteiger charge is -2.45. The van der Waals surface area contributed by atoms with Gasteiger partial charge in [-0.3, -0.25) is 19.3 Å². The zero-order valence-electron chi connectivity index (χ0n) is 20.3. The van der Waals surface area contributed by atoms with E-state index in [-0.39, 0.29) is 41.6 Å². The molecule has 182 valence electrons. The van der Waals surface area contributed by atoms with Gasteiger partial charge in [-0.2, -0.15) is 0 Å². The molecule has 0 saturated carbocycles. The molecule has 35 heavy (non-hydrogen) atoms. The van der Waals surface area contributed by atoms with E-state index in [0.29, 0.717) is 19.6 Å². The number of nitrogens with one attached hydrogen (secondary N) is 1. The Labute approximate surface area is 206 Å². The fourth-order valence-electron chi connectivity index (χ4n) is 6.92. The van der Waals surface area contributed by atoms with Crippen LogP contribution in [0.4, 0.5) is 0 Å². The number of benzene rings is 2. The summed E-state index contributed by atoms with van der Waals surface area (Å²) in [6.45, 7) is 5.17. The average Bonchev–Trinajstić information content (AvgIpc) is 3.48. The third kappa shape index (κ3) is 3.45. The van der Waals surface area contributed by atoms with Crippen molar-refractivity contribution in [2.24, 2.45) is 17.8 Å². The van der Waals surface area contributed by atoms with E-state index in [9.17, 15) is 14.4 Å². The summed E-state index contributed by atoms with van der Waals surface area (Å²) < 4.78 is 5.65. The number of nitrogens with zero attached hydrogens (tertiary/aromatic N) is 1. The van der Waals surface area contributed by atoms with Gasteiger partial charge in [0.1, 0.15) is 6.04 Å². The molecule has 7 rings (SSSR count). The van der Waals surface area contributed by atoms with Gasteiger partial charge in [0.2, 0.25) is 17.7 Å². The maximum Gasteiger partial charge on any atom is 0.243 e. The van der Waals surface area contributed by atoms with Gasteiger partial charge in [0, 0.05) is 25.0 Å². The van der Waals surface area contributed by atoms with Crippen LogP contribution in [-0.4, -0.2) is 47.9 Å². The average molecular weight is 473 g/mol. The zero-order chi connectivity index (χ0) is 24.3. The van der Waals surface area contributed by atoms with Crippen molar-refractivity contribution in [3.05, 3.63) is 70.8 Å². The molecule has 6 heteroatoms. The molecule has 4 atom stereocenters. The van der Waals surface area contributed by atoms with E-state index in [2.05, 4.69) is 29.6 Å². The van der Waals surface area contributed by atoms with Gasteiger partial charge < -0.3 is 10.1 Å². The fraction of sp³-hybridized carbons (Fsp3) is 0.483. The van der Waals surface area contributed by atoms with Crippen LogP contribution in [0.3, 0.4) is 0 Å². The Hall–Kier alpha value is -2.99. The molecule has 3 aliphatic carbocycles. The van der Waals surface area contributed by atoms with E-state index in [0.717, 1.165) is 35.1 Å². The number of rotatable bonds is 6. The zero-order valence-corrected chi connectivity index (χ0v) is 20.3. The van der Waals surface area contributed by atoms with Crippen molar-refractivity contribution in [3.63, 3.8) is 0 Å². The first-order valence-electron chi connectivity index (χ1n) is 12.9. The van der Waals surface area contributed by atoms with E-state index in [1.165, 1.54) is 4.90 Å². The van der Waals surface area contributed by atoms with Gasteiger partial charge in [-0.1, -0.05) is 62.4 Å². The van der Waals surface area contributed by atoms with Crippen LogP contribution in [0.15, 0.2) is 48.5 Å². The monoisotopic (exact) mass is 472 g/mol. The van der Waals surface area contributed by atoms with Crippen molar-refractivity contribution in [1.82, 2.24) is 10.2 Å². The molecule has 0 aromatic heterocycles. The lowest BCUT2D eigenvalue weighted by Crippen LogP contribution is -2.51. The van der Waals surface area contributed by atoms with Crippen molar-refractivity contribution < 1.29 is 19.1 Å². The highest BCUT2D eigenvalue weighted by Crippen LogP contribution is 2.61. The van der Waals surface area contributed by atoms with Gasteiger partial charge in [-0.25, -0.2) is 0 Å². The minimum atomic E-state index is -0.798. The van der Waals surface area contributed by atoms with Crippen LogP contribution < -0.4 is 5.32 Å². The standard InChI is InChI=1S/C29H32N2O4/c1-16(2)14-22(27(32)30-15-17-8-7-13-35-17)31-28(33)25-23-18-9-3-4-10-19(18)24(26(25)29(31)34)21-12-6-5-11-20(21)23/h3-6,9-12,16-17,22-26H,7-8,13-15H2,1-2H3,(H,30,32)/t17-,22+,23?,24?,25+,26+/m1/s1. The quantitative estimate of drug-likeness (QED) is 0.652. The van der Waals surface area contributed by atoms with Gasteiger partial charge >= 0.3 is 0 Å². The summed E-state index contributed by atoms with van der Waals surface area (Å²) in [5, 5.41) is 2.99. The molecular weight excluding hydrogens is 440 g/mol. The van der Waals surface area contributed by atoms with E-state index in [1.807, 2.05) is 38.1 Å². The van der Waals surface area contributed by atoms with Gasteiger partial charge in [0.25, 0.3) is 0 Å². The molecule has 2 bridgehead atoms. The molecule has 1 N–H and O–H groups in total. The minimum Gasteiger partial charge on any atom is -0.376 e. The highest BCUT2D eigenvalue weighted by molar-refractivity contribution is 6.10. The fourth-order valence-corrected chi connectivity index (χ4v) is 6.92. The molecule has 2 fully saturated rings. The Morgan fingerprint density at radius 3 is 1.89 bits per heavy atom. The van der Waals surface area contributed by atoms with E-state index < -0.39 is 17.9 Å². The van der Waals surface area contributed by atoms with Crippen molar-refractivity contribution in [2.75, 3.05) is 13.2 Å². The molecule has 2 aromatic carbocycles. The predicted molar refractivity (Wildman–Crippen MR) is 131 cm³/mol. The number of carbonyl (C=O) groups excluding carboxylic acids is 3. The molecule has 6 nitrogen and oxygen atoms in total. The number of ether oxygens (including phenoxy) is 1. The lowest BCUT2D eigenvalue weighted by atomic mass is 9.55. The summed E-state index contributed by atoms with van der Waals surface area (Å²) in [5.41, 5.74) is 4.57. The molecule has 0 spiro atoms. The Kier molecular flexibility index (Phi) is 5.52. The number of imide groups is 1. The van der Waals surface area contributed by atoms with Crippen LogP contribution in [0, 0.1) is 17.8 Å². The third-order valence-corrected chi connectivity index (χ3v) is 8.32. The Bertz CT molecular complexity index is 1070. The van der Waals surface area contributed by atoms with Gasteiger partial charge in [-0.15, -0.1) is 0 Å². The minimum absolute atomic E-state index is 0.00561. The van der Waals surface area contributed by atoms with Crippen LogP contribution >= 0.6 is 0 Å². The summed E-state index contributed by atoms with van der Waals surface area (Å²) in [6.07, 6.45) is 2.36. The van der Waals surface area contributed by atoms with E-state index in [4.69, 9.17) is 4.74 Å². The first-order chi connectivity index (χ1) is 17.0. The lowest BCUT2D eigenvalue weighted by molar-refractivity contribution is -0.148. The Morgan fingerprint density at radius 2 is 1.46 bits per heavy atom. The van der Waals surface area contributed by atoms with Crippen molar-refractivity contribution >= 4 is 17.7 Å². The van der Waals surface area contributed by atoms with Crippen molar-refractivity contribution in [2.45, 2.75) is 57.1 Å². The second-order valence-electron chi connectivity index (χ2n) is 10.8. The number of likely N-dealkylation sites (tertiary alicyclic amines) is 1. The van der Waals surface area contributed by atoms with Crippen molar-refractivity contribution in [3.8, 4) is 0 Å². The highest BCUT2D eigenvalue weighted by Gasteiger charge is 2.63. The van der Waals surface area contributed by atoms with Crippen molar-refractivity contribution in [1.29, 1.82) is 0 Å². The molecule has 0 radical (unpaired) electrons. The summed E-state index contributed by atoms with van der Waals surface area (Å²) in [4.78, 5) is 42.8. The molecule has 2 heterocycles. The second-order valence-corrected chi connectivity index (χ2v) is 10.8. The molecule has 3 amide bonds. The molecule has 2 saturated heterocycles. The van der Waals surface area contributed by atoms with Crippen LogP contribution in [0.2, 0.25) is 0 Å². The second kappa shape index (κ2) is 8.59. The summed E-state index contributed by atoms with van der Waals surface area (Å²) in [7, 11) is 0. The normalized spacial score (nSPS) is 29.2. The molecule has 2 aromatic rings. The first-order valence-corrected chi connectivity index (χ1v) is 12.9. The highest BCUT2D eigenvalue weighted by atomic mass is 16.5. The summed E-state index contributed by atoms with van der Waals surface area (Å²) in [6, 6.07) is 15.6. The number of hydrogen-bond acceptors (Lipinski definition) is 4. The summed E-state index contributed by atoms with van der Waals surface area (Å²) >= 11 is 0. The SMILES string of the molecule is CC(C)C[C@@H](C(=O)NC[C@H]1CCCO1)N1C(=O)[C@H]2C3c4ccccc4C(c4ccccc43)[C@@H]2C1=O. The van der Waals surface area contributed by atoms with Crippen LogP contribution in [0.25, 0.3) is 0 Å². The van der Waals surface area contributed by atoms with Gasteiger partial charge in [0.15, 0.2) is 0 Å². The third-order valence-electron chi connectivity index (χ3n) is 8.32. The molecular formula is C29H32N2O4. The largest absolute Gasteiger partial charge is 0.376 e. The van der Waals surface area contributed by atoms with Gasteiger partial charge in [-0.05, 0) is 47.4 Å². The molecule has 0 unspecified atom stereocenters. The number of amides is 3. The molecule has 5 aliphatic rings. The van der Waals surface area contributed by atoms with Crippen LogP contribution in [-0.2, 0) is 19.1 Å². The Morgan fingerprint density at radius 1 is 0.943 bits per heavy atom. The number of hydrogen-bond donors (Lipinski definition) is 1. The number of carbonyl (C=O) groups is 3. The first kappa shape index (κ1) is 22.5. The van der Waals surface area contributed by atoms with E-state index >= 15 is 0 Å². The van der Waals surface area contributed by atoms with E-state index in [1.54, 1.807) is 0 Å². The maximum absolute atomic E-state index is 14.0. The van der Waals surface area contributed by atoms with Crippen LogP contribution in [0.5, 0.6) is 0 Å². The van der Waals surface area contributed by atoms with Crippen LogP contribution in [0.1, 0.15) is 67.2 Å². The molecule has 2 aliphatic heterocycles. The summed E-state index contributed by atoms with van der Waals surface area (Å²) in [5.74, 6) is -1.73. The maximum atomic E-state index is 14.0. The predicted octanol–water partition coefficient (Wildman–Crippen LogP) is 3.59. The smallest absolute Gasteiger partial charge is 0.243 e. The topological polar surface area (TPSA) is 75.7 Å².